The average molecular weight is 301 g/mol. The van der Waals surface area contributed by atoms with Crippen LogP contribution < -0.4 is 16.0 Å². The number of anilines is 1. The van der Waals surface area contributed by atoms with Crippen LogP contribution in [0.5, 0.6) is 0 Å². The molecule has 0 saturated carbocycles. The molecule has 1 aliphatic heterocycles. The zero-order chi connectivity index (χ0) is 14.5. The number of alkyl halides is 2. The third-order valence-corrected chi connectivity index (χ3v) is 3.48. The molecule has 8 heteroatoms. The number of rotatable bonds is 4. The van der Waals surface area contributed by atoms with Crippen molar-refractivity contribution in [1.82, 2.24) is 10.6 Å². The second-order valence-electron chi connectivity index (χ2n) is 4.10. The van der Waals surface area contributed by atoms with Crippen molar-refractivity contribution in [3.8, 4) is 0 Å². The lowest BCUT2D eigenvalue weighted by atomic mass is 10.2. The first-order valence-electron chi connectivity index (χ1n) is 5.91. The molecule has 1 aromatic carbocycles. The van der Waals surface area contributed by atoms with Gasteiger partial charge >= 0.3 is 0 Å². The van der Waals surface area contributed by atoms with Crippen LogP contribution in [0, 0.1) is 0 Å². The van der Waals surface area contributed by atoms with Crippen molar-refractivity contribution in [1.29, 1.82) is 0 Å². The minimum Gasteiger partial charge on any atom is -0.353 e. The van der Waals surface area contributed by atoms with E-state index < -0.39 is 11.8 Å². The van der Waals surface area contributed by atoms with E-state index in [1.54, 1.807) is 18.2 Å². The van der Waals surface area contributed by atoms with Gasteiger partial charge in [0, 0.05) is 11.4 Å². The van der Waals surface area contributed by atoms with Gasteiger partial charge in [0.1, 0.15) is 6.04 Å². The van der Waals surface area contributed by atoms with E-state index in [2.05, 4.69) is 16.0 Å². The minimum absolute atomic E-state index is 0.0610. The van der Waals surface area contributed by atoms with Gasteiger partial charge in [0.05, 0.1) is 12.2 Å². The van der Waals surface area contributed by atoms with Crippen molar-refractivity contribution in [2.45, 2.75) is 16.7 Å². The Morgan fingerprint density at radius 2 is 2.15 bits per heavy atom. The Hall–Kier alpha value is -1.67. The first-order chi connectivity index (χ1) is 9.56. The van der Waals surface area contributed by atoms with Crippen LogP contribution in [-0.4, -0.2) is 36.7 Å². The fourth-order valence-corrected chi connectivity index (χ4v) is 2.34. The molecule has 2 amide bonds. The Balaban J connectivity index is 2.02. The Morgan fingerprint density at radius 1 is 1.40 bits per heavy atom. The molecule has 108 valence electrons. The van der Waals surface area contributed by atoms with Crippen molar-refractivity contribution < 1.29 is 18.4 Å². The van der Waals surface area contributed by atoms with Crippen LogP contribution in [0.2, 0.25) is 0 Å². The van der Waals surface area contributed by atoms with E-state index in [9.17, 15) is 18.4 Å². The maximum Gasteiger partial charge on any atom is 0.288 e. The zero-order valence-corrected chi connectivity index (χ0v) is 11.2. The van der Waals surface area contributed by atoms with Crippen LogP contribution in [0.4, 0.5) is 14.5 Å². The fourth-order valence-electron chi connectivity index (χ4n) is 1.74. The highest BCUT2D eigenvalue weighted by Crippen LogP contribution is 2.31. The molecule has 1 saturated heterocycles. The number of amides is 2. The number of thioether (sulfide) groups is 1. The van der Waals surface area contributed by atoms with E-state index in [0.29, 0.717) is 22.3 Å². The predicted octanol–water partition coefficient (Wildman–Crippen LogP) is 1.03. The van der Waals surface area contributed by atoms with E-state index >= 15 is 0 Å². The largest absolute Gasteiger partial charge is 0.353 e. The lowest BCUT2D eigenvalue weighted by molar-refractivity contribution is -0.124. The third kappa shape index (κ3) is 3.91. The van der Waals surface area contributed by atoms with Crippen LogP contribution in [-0.2, 0) is 9.59 Å². The highest BCUT2D eigenvalue weighted by atomic mass is 32.2. The molecule has 1 fully saturated rings. The highest BCUT2D eigenvalue weighted by Gasteiger charge is 2.24. The lowest BCUT2D eigenvalue weighted by Crippen LogP contribution is -2.56. The molecule has 1 aromatic rings. The molecule has 0 spiro atoms. The Labute approximate surface area is 118 Å². The second kappa shape index (κ2) is 6.67. The quantitative estimate of drug-likeness (QED) is 0.727. The summed E-state index contributed by atoms with van der Waals surface area (Å²) in [6, 6.07) is 5.78. The van der Waals surface area contributed by atoms with Crippen LogP contribution in [0.25, 0.3) is 0 Å². The molecule has 1 unspecified atom stereocenters. The average Bonchev–Trinajstić information content (AvgIpc) is 2.41. The lowest BCUT2D eigenvalue weighted by Gasteiger charge is -2.23. The summed E-state index contributed by atoms with van der Waals surface area (Å²) in [6.45, 7) is 0.236. The molecule has 1 aliphatic rings. The van der Waals surface area contributed by atoms with Crippen molar-refractivity contribution in [3.63, 3.8) is 0 Å². The smallest absolute Gasteiger partial charge is 0.288 e. The normalized spacial score (nSPS) is 18.8. The molecule has 3 N–H and O–H groups in total. The van der Waals surface area contributed by atoms with Gasteiger partial charge < -0.3 is 10.6 Å². The molecular formula is C12H13F2N3O2S. The number of hydrogen-bond donors (Lipinski definition) is 3. The Bertz CT molecular complexity index is 503. The van der Waals surface area contributed by atoms with Gasteiger partial charge in [-0.15, -0.1) is 0 Å². The summed E-state index contributed by atoms with van der Waals surface area (Å²) in [5.74, 6) is -3.10. The molecule has 1 atom stereocenters. The van der Waals surface area contributed by atoms with Crippen LogP contribution in [0.1, 0.15) is 0 Å². The summed E-state index contributed by atoms with van der Waals surface area (Å²) in [5, 5.41) is 7.92. The van der Waals surface area contributed by atoms with E-state index in [-0.39, 0.29) is 24.9 Å². The Kier molecular flexibility index (Phi) is 4.91. The van der Waals surface area contributed by atoms with E-state index in [0.717, 1.165) is 0 Å². The van der Waals surface area contributed by atoms with E-state index in [1.165, 1.54) is 6.07 Å². The summed E-state index contributed by atoms with van der Waals surface area (Å²) >= 11 is 0.376. The van der Waals surface area contributed by atoms with Gasteiger partial charge in [-0.05, 0) is 12.1 Å². The van der Waals surface area contributed by atoms with Crippen molar-refractivity contribution in [3.05, 3.63) is 24.3 Å². The number of nitrogens with one attached hydrogen (secondary N) is 3. The zero-order valence-electron chi connectivity index (χ0n) is 10.4. The van der Waals surface area contributed by atoms with Gasteiger partial charge in [0.15, 0.2) is 0 Å². The predicted molar refractivity (Wildman–Crippen MR) is 71.7 cm³/mol. The third-order valence-electron chi connectivity index (χ3n) is 2.69. The van der Waals surface area contributed by atoms with Crippen LogP contribution >= 0.6 is 11.8 Å². The molecule has 0 radical (unpaired) electrons. The number of halogens is 2. The van der Waals surface area contributed by atoms with Crippen molar-refractivity contribution >= 4 is 29.3 Å². The highest BCUT2D eigenvalue weighted by molar-refractivity contribution is 7.99. The standard InChI is InChI=1S/C12H13F2N3O2S/c13-12(14)20-9-4-2-1-3-7(9)17-11(19)8-5-16-10(18)6-15-8/h1-4,8,12,15H,5-6H2,(H,16,18)(H,17,19). The topological polar surface area (TPSA) is 70.2 Å². The van der Waals surface area contributed by atoms with Crippen LogP contribution in [0.15, 0.2) is 29.2 Å². The number of para-hydroxylation sites is 1. The van der Waals surface area contributed by atoms with Gasteiger partial charge in [0.2, 0.25) is 11.8 Å². The number of benzene rings is 1. The molecular weight excluding hydrogens is 288 g/mol. The monoisotopic (exact) mass is 301 g/mol. The van der Waals surface area contributed by atoms with E-state index in [4.69, 9.17) is 0 Å². The van der Waals surface area contributed by atoms with Gasteiger partial charge in [-0.2, -0.15) is 8.78 Å². The summed E-state index contributed by atoms with van der Waals surface area (Å²) in [5.41, 5.74) is 0.335. The van der Waals surface area contributed by atoms with Crippen LogP contribution in [0.3, 0.4) is 0 Å². The second-order valence-corrected chi connectivity index (χ2v) is 5.13. The SMILES string of the molecule is O=C1CNC(C(=O)Nc2ccccc2SC(F)F)CN1. The summed E-state index contributed by atoms with van der Waals surface area (Å²) in [7, 11) is 0. The molecule has 0 aliphatic carbocycles. The molecule has 2 rings (SSSR count). The minimum atomic E-state index is -2.56. The number of carbonyl (C=O) groups excluding carboxylic acids is 2. The maximum absolute atomic E-state index is 12.4. The van der Waals surface area contributed by atoms with Crippen molar-refractivity contribution in [2.75, 3.05) is 18.4 Å². The summed E-state index contributed by atoms with van der Waals surface area (Å²) in [6.07, 6.45) is 0. The number of piperazine rings is 1. The summed E-state index contributed by atoms with van der Waals surface area (Å²) in [4.78, 5) is 23.3. The first kappa shape index (κ1) is 14.7. The molecule has 20 heavy (non-hydrogen) atoms. The van der Waals surface area contributed by atoms with Gasteiger partial charge in [0.25, 0.3) is 5.76 Å². The molecule has 1 heterocycles. The van der Waals surface area contributed by atoms with Gasteiger partial charge in [-0.1, -0.05) is 23.9 Å². The fraction of sp³-hybridized carbons (Fsp3) is 0.333. The van der Waals surface area contributed by atoms with Gasteiger partial charge in [-0.3, -0.25) is 14.9 Å². The number of carbonyl (C=O) groups is 2. The molecule has 0 bridgehead atoms. The van der Waals surface area contributed by atoms with Crippen molar-refractivity contribution in [2.24, 2.45) is 0 Å². The van der Waals surface area contributed by atoms with Gasteiger partial charge in [-0.25, -0.2) is 0 Å². The molecule has 0 aromatic heterocycles. The Morgan fingerprint density at radius 3 is 2.80 bits per heavy atom. The molecule has 5 nitrogen and oxygen atoms in total. The maximum atomic E-state index is 12.4. The summed E-state index contributed by atoms with van der Waals surface area (Å²) < 4.78 is 24.9. The number of hydrogen-bond acceptors (Lipinski definition) is 4. The first-order valence-corrected chi connectivity index (χ1v) is 6.79. The van der Waals surface area contributed by atoms with E-state index in [1.807, 2.05) is 0 Å².